The Bertz CT molecular complexity index is 581. The van der Waals surface area contributed by atoms with Crippen LogP contribution in [0.1, 0.15) is 74.5 Å². The van der Waals surface area contributed by atoms with Crippen molar-refractivity contribution in [3.63, 3.8) is 0 Å². The Hall–Kier alpha value is -1.51. The number of nitrogens with one attached hydrogen (secondary N) is 1. The number of hydrogen-bond donors (Lipinski definition) is 1. The van der Waals surface area contributed by atoms with E-state index in [0.29, 0.717) is 18.3 Å². The van der Waals surface area contributed by atoms with E-state index in [0.717, 1.165) is 38.0 Å². The Balaban J connectivity index is 1.58. The number of methoxy groups -OCH3 is 1. The van der Waals surface area contributed by atoms with Crippen LogP contribution in [0.4, 0.5) is 0 Å². The van der Waals surface area contributed by atoms with Gasteiger partial charge >= 0.3 is 0 Å². The molecule has 3 rings (SSSR count). The first kappa shape index (κ1) is 17.3. The van der Waals surface area contributed by atoms with Crippen molar-refractivity contribution < 1.29 is 9.53 Å². The first-order valence-electron chi connectivity index (χ1n) is 9.70. The Morgan fingerprint density at radius 1 is 1.21 bits per heavy atom. The predicted molar refractivity (Wildman–Crippen MR) is 97.6 cm³/mol. The highest BCUT2D eigenvalue weighted by Crippen LogP contribution is 2.49. The van der Waals surface area contributed by atoms with Gasteiger partial charge in [-0.1, -0.05) is 32.3 Å². The van der Waals surface area contributed by atoms with Crippen LogP contribution in [0.25, 0.3) is 0 Å². The van der Waals surface area contributed by atoms with Crippen molar-refractivity contribution in [2.24, 2.45) is 5.92 Å². The van der Waals surface area contributed by atoms with Gasteiger partial charge in [0.05, 0.1) is 7.11 Å². The Kier molecular flexibility index (Phi) is 5.80. The van der Waals surface area contributed by atoms with E-state index in [1.807, 2.05) is 0 Å². The first-order chi connectivity index (χ1) is 11.7. The first-order valence-corrected chi connectivity index (χ1v) is 9.70. The summed E-state index contributed by atoms with van der Waals surface area (Å²) in [5.41, 5.74) is 4.41. The molecule has 3 nitrogen and oxygen atoms in total. The van der Waals surface area contributed by atoms with E-state index >= 15 is 0 Å². The zero-order valence-electron chi connectivity index (χ0n) is 15.2. The van der Waals surface area contributed by atoms with E-state index in [9.17, 15) is 4.79 Å². The fourth-order valence-electron chi connectivity index (χ4n) is 4.61. The topological polar surface area (TPSA) is 38.3 Å². The third-order valence-corrected chi connectivity index (χ3v) is 5.85. The highest BCUT2D eigenvalue weighted by atomic mass is 16.5. The van der Waals surface area contributed by atoms with Gasteiger partial charge < -0.3 is 10.1 Å². The van der Waals surface area contributed by atoms with E-state index in [4.69, 9.17) is 4.74 Å². The molecule has 0 radical (unpaired) electrons. The fourth-order valence-corrected chi connectivity index (χ4v) is 4.61. The molecule has 1 aromatic carbocycles. The molecule has 0 aromatic heterocycles. The Morgan fingerprint density at radius 2 is 2.08 bits per heavy atom. The summed E-state index contributed by atoms with van der Waals surface area (Å²) in [5.74, 6) is 2.35. The summed E-state index contributed by atoms with van der Waals surface area (Å²) in [7, 11) is 1.76. The standard InChI is InChI=1S/C21H31NO2/c1-3-4-5-6-13-22-20(23)14-16-8-11-18-19(24-2)12-9-15-7-10-17(16)21(15)18/h9,12,16-17H,3-8,10-11,13-14H2,1-2H3,(H,22,23). The summed E-state index contributed by atoms with van der Waals surface area (Å²) in [4.78, 5) is 12.3. The number of carbonyl (C=O) groups excluding carboxylic acids is 1. The molecular formula is C21H31NO2. The van der Waals surface area contributed by atoms with Gasteiger partial charge in [-0.2, -0.15) is 0 Å². The van der Waals surface area contributed by atoms with Crippen LogP contribution >= 0.6 is 0 Å². The van der Waals surface area contributed by atoms with E-state index < -0.39 is 0 Å². The summed E-state index contributed by atoms with van der Waals surface area (Å²) < 4.78 is 5.57. The summed E-state index contributed by atoms with van der Waals surface area (Å²) in [6, 6.07) is 4.35. The van der Waals surface area contributed by atoms with E-state index in [-0.39, 0.29) is 5.91 Å². The van der Waals surface area contributed by atoms with Crippen LogP contribution in [0, 0.1) is 5.92 Å². The van der Waals surface area contributed by atoms with Crippen LogP contribution in [0.2, 0.25) is 0 Å². The minimum absolute atomic E-state index is 0.247. The predicted octanol–water partition coefficient (Wildman–Crippen LogP) is 4.37. The fraction of sp³-hybridized carbons (Fsp3) is 0.667. The minimum Gasteiger partial charge on any atom is -0.496 e. The second-order valence-corrected chi connectivity index (χ2v) is 7.38. The molecule has 0 heterocycles. The Labute approximate surface area is 146 Å². The lowest BCUT2D eigenvalue weighted by atomic mass is 9.74. The van der Waals surface area contributed by atoms with Crippen LogP contribution in [0.3, 0.4) is 0 Å². The van der Waals surface area contributed by atoms with Gasteiger partial charge in [-0.15, -0.1) is 0 Å². The molecule has 1 aromatic rings. The van der Waals surface area contributed by atoms with Crippen LogP contribution in [-0.2, 0) is 17.6 Å². The maximum absolute atomic E-state index is 12.3. The van der Waals surface area contributed by atoms with Crippen molar-refractivity contribution in [1.82, 2.24) is 5.32 Å². The van der Waals surface area contributed by atoms with Crippen molar-refractivity contribution in [3.05, 3.63) is 28.8 Å². The number of rotatable bonds is 8. The van der Waals surface area contributed by atoms with Gasteiger partial charge in [-0.05, 0) is 66.7 Å². The number of ether oxygens (including phenoxy) is 1. The average molecular weight is 329 g/mol. The van der Waals surface area contributed by atoms with Gasteiger partial charge in [0.2, 0.25) is 5.91 Å². The molecule has 1 N–H and O–H groups in total. The summed E-state index contributed by atoms with van der Waals surface area (Å²) in [6.45, 7) is 3.05. The number of unbranched alkanes of at least 4 members (excludes halogenated alkanes) is 3. The Morgan fingerprint density at radius 3 is 2.88 bits per heavy atom. The van der Waals surface area contributed by atoms with Crippen molar-refractivity contribution >= 4 is 5.91 Å². The smallest absolute Gasteiger partial charge is 0.220 e. The zero-order chi connectivity index (χ0) is 16.9. The third kappa shape index (κ3) is 3.60. The molecule has 0 fully saturated rings. The maximum Gasteiger partial charge on any atom is 0.220 e. The van der Waals surface area contributed by atoms with Gasteiger partial charge in [0.15, 0.2) is 0 Å². The summed E-state index contributed by atoms with van der Waals surface area (Å²) >= 11 is 0. The van der Waals surface area contributed by atoms with Gasteiger partial charge in [0.1, 0.15) is 5.75 Å². The quantitative estimate of drug-likeness (QED) is 0.719. The van der Waals surface area contributed by atoms with Crippen molar-refractivity contribution in [3.8, 4) is 5.75 Å². The molecule has 0 saturated carbocycles. The highest BCUT2D eigenvalue weighted by Gasteiger charge is 2.37. The molecule has 0 aliphatic heterocycles. The maximum atomic E-state index is 12.3. The third-order valence-electron chi connectivity index (χ3n) is 5.85. The molecule has 3 heteroatoms. The average Bonchev–Trinajstić information content (AvgIpc) is 3.03. The number of carbonyl (C=O) groups is 1. The molecule has 132 valence electrons. The largest absolute Gasteiger partial charge is 0.496 e. The molecule has 0 spiro atoms. The number of aryl methyl sites for hydroxylation is 1. The molecule has 2 atom stereocenters. The lowest BCUT2D eigenvalue weighted by Gasteiger charge is -2.31. The van der Waals surface area contributed by atoms with E-state index in [2.05, 4.69) is 24.4 Å². The number of amides is 1. The monoisotopic (exact) mass is 329 g/mol. The zero-order valence-corrected chi connectivity index (χ0v) is 15.2. The van der Waals surface area contributed by atoms with Crippen LogP contribution < -0.4 is 10.1 Å². The molecule has 1 amide bonds. The summed E-state index contributed by atoms with van der Waals surface area (Å²) in [5, 5.41) is 3.13. The van der Waals surface area contributed by atoms with Crippen LogP contribution in [0.5, 0.6) is 5.75 Å². The van der Waals surface area contributed by atoms with Gasteiger partial charge in [-0.25, -0.2) is 0 Å². The molecule has 2 aliphatic rings. The van der Waals surface area contributed by atoms with Gasteiger partial charge in [0.25, 0.3) is 0 Å². The van der Waals surface area contributed by atoms with Crippen molar-refractivity contribution in [1.29, 1.82) is 0 Å². The molecule has 2 aliphatic carbocycles. The second-order valence-electron chi connectivity index (χ2n) is 7.38. The summed E-state index contributed by atoms with van der Waals surface area (Å²) in [6.07, 6.45) is 10.0. The van der Waals surface area contributed by atoms with E-state index in [1.54, 1.807) is 7.11 Å². The molecule has 2 unspecified atom stereocenters. The normalized spacial score (nSPS) is 21.4. The van der Waals surface area contributed by atoms with Crippen LogP contribution in [-0.4, -0.2) is 19.6 Å². The van der Waals surface area contributed by atoms with Gasteiger partial charge in [-0.3, -0.25) is 4.79 Å². The molecule has 0 bridgehead atoms. The molecular weight excluding hydrogens is 298 g/mol. The molecule has 0 saturated heterocycles. The van der Waals surface area contributed by atoms with Crippen LogP contribution in [0.15, 0.2) is 12.1 Å². The van der Waals surface area contributed by atoms with Crippen molar-refractivity contribution in [2.75, 3.05) is 13.7 Å². The second kappa shape index (κ2) is 8.04. The molecule has 24 heavy (non-hydrogen) atoms. The lowest BCUT2D eigenvalue weighted by molar-refractivity contribution is -0.122. The van der Waals surface area contributed by atoms with Crippen molar-refractivity contribution in [2.45, 2.75) is 70.6 Å². The van der Waals surface area contributed by atoms with E-state index in [1.165, 1.54) is 42.4 Å². The highest BCUT2D eigenvalue weighted by molar-refractivity contribution is 5.76. The minimum atomic E-state index is 0.247. The SMILES string of the molecule is CCCCCCNC(=O)CC1CCc2c(OC)ccc3c2C1CC3. The van der Waals surface area contributed by atoms with Gasteiger partial charge in [0, 0.05) is 13.0 Å². The number of hydrogen-bond acceptors (Lipinski definition) is 2. The lowest BCUT2D eigenvalue weighted by Crippen LogP contribution is -2.30. The number of benzene rings is 1.